The van der Waals surface area contributed by atoms with Gasteiger partial charge < -0.3 is 10.1 Å². The van der Waals surface area contributed by atoms with Crippen molar-refractivity contribution < 1.29 is 4.74 Å². The molecule has 1 atom stereocenters. The van der Waals surface area contributed by atoms with Crippen LogP contribution in [0.3, 0.4) is 0 Å². The van der Waals surface area contributed by atoms with Gasteiger partial charge in [-0.1, -0.05) is 23.7 Å². The minimum atomic E-state index is -0.0147. The molecular weight excluding hydrogens is 250 g/mol. The van der Waals surface area contributed by atoms with Crippen LogP contribution in [0.15, 0.2) is 36.7 Å². The van der Waals surface area contributed by atoms with E-state index in [1.165, 1.54) is 6.33 Å². The topological polar surface area (TPSA) is 47.0 Å². The molecule has 94 valence electrons. The molecule has 2 aromatic rings. The van der Waals surface area contributed by atoms with Gasteiger partial charge >= 0.3 is 0 Å². The molecule has 1 N–H and O–H groups in total. The molecule has 2 rings (SSSR count). The van der Waals surface area contributed by atoms with Crippen molar-refractivity contribution in [2.75, 3.05) is 14.2 Å². The van der Waals surface area contributed by atoms with E-state index in [1.807, 2.05) is 37.4 Å². The molecule has 0 aliphatic carbocycles. The number of benzene rings is 1. The molecular formula is C13H14ClN3O. The first-order valence-electron chi connectivity index (χ1n) is 5.53. The molecule has 0 saturated heterocycles. The highest BCUT2D eigenvalue weighted by Gasteiger charge is 2.14. The van der Waals surface area contributed by atoms with Gasteiger partial charge in [-0.3, -0.25) is 0 Å². The molecule has 0 radical (unpaired) electrons. The number of hydrogen-bond acceptors (Lipinski definition) is 4. The van der Waals surface area contributed by atoms with Crippen LogP contribution in [-0.2, 0) is 0 Å². The monoisotopic (exact) mass is 263 g/mol. The maximum atomic E-state index is 5.89. The van der Waals surface area contributed by atoms with E-state index in [0.717, 1.165) is 11.3 Å². The summed E-state index contributed by atoms with van der Waals surface area (Å²) in [5.74, 6) is 0.550. The summed E-state index contributed by atoms with van der Waals surface area (Å²) in [7, 11) is 3.47. The number of methoxy groups -OCH3 is 1. The molecule has 1 aromatic heterocycles. The quantitative estimate of drug-likeness (QED) is 0.920. The summed E-state index contributed by atoms with van der Waals surface area (Å²) in [6, 6.07) is 9.46. The summed E-state index contributed by atoms with van der Waals surface area (Å²) in [4.78, 5) is 8.27. The smallest absolute Gasteiger partial charge is 0.216 e. The number of nitrogens with one attached hydrogen (secondary N) is 1. The Bertz CT molecular complexity index is 516. The van der Waals surface area contributed by atoms with Gasteiger partial charge in [0.15, 0.2) is 0 Å². The molecule has 1 unspecified atom stereocenters. The highest BCUT2D eigenvalue weighted by molar-refractivity contribution is 6.30. The number of hydrogen-bond donors (Lipinski definition) is 1. The molecule has 0 aliphatic rings. The van der Waals surface area contributed by atoms with Crippen LogP contribution in [0.25, 0.3) is 0 Å². The third-order valence-corrected chi connectivity index (χ3v) is 2.91. The number of aromatic nitrogens is 2. The van der Waals surface area contributed by atoms with Gasteiger partial charge in [0.25, 0.3) is 0 Å². The van der Waals surface area contributed by atoms with Crippen LogP contribution in [-0.4, -0.2) is 24.1 Å². The average Bonchev–Trinajstić information content (AvgIpc) is 2.42. The standard InChI is InChI=1S/C13H14ClN3O/c1-15-13(9-3-5-10(14)6-4-9)11-7-12(18-2)17-8-16-11/h3-8,13,15H,1-2H3. The second-order valence-electron chi connectivity index (χ2n) is 3.76. The zero-order valence-electron chi connectivity index (χ0n) is 10.2. The van der Waals surface area contributed by atoms with Crippen molar-refractivity contribution in [2.45, 2.75) is 6.04 Å². The van der Waals surface area contributed by atoms with E-state index in [4.69, 9.17) is 16.3 Å². The molecule has 0 aliphatic heterocycles. The van der Waals surface area contributed by atoms with Crippen molar-refractivity contribution in [3.63, 3.8) is 0 Å². The fourth-order valence-electron chi connectivity index (χ4n) is 1.76. The highest BCUT2D eigenvalue weighted by atomic mass is 35.5. The predicted octanol–water partition coefficient (Wildman–Crippen LogP) is 2.45. The summed E-state index contributed by atoms with van der Waals surface area (Å²) < 4.78 is 5.10. The van der Waals surface area contributed by atoms with Gasteiger partial charge in [-0.05, 0) is 24.7 Å². The van der Waals surface area contributed by atoms with Gasteiger partial charge in [0.2, 0.25) is 5.88 Å². The van der Waals surface area contributed by atoms with Gasteiger partial charge in [-0.2, -0.15) is 0 Å². The Labute approximate surface area is 111 Å². The normalized spacial score (nSPS) is 12.2. The first kappa shape index (κ1) is 12.8. The highest BCUT2D eigenvalue weighted by Crippen LogP contribution is 2.23. The van der Waals surface area contributed by atoms with E-state index < -0.39 is 0 Å². The van der Waals surface area contributed by atoms with Crippen molar-refractivity contribution in [3.05, 3.63) is 52.9 Å². The van der Waals surface area contributed by atoms with E-state index in [1.54, 1.807) is 7.11 Å². The Morgan fingerprint density at radius 3 is 2.56 bits per heavy atom. The summed E-state index contributed by atoms with van der Waals surface area (Å²) in [6.07, 6.45) is 1.49. The molecule has 0 spiro atoms. The van der Waals surface area contributed by atoms with Crippen molar-refractivity contribution >= 4 is 11.6 Å². The lowest BCUT2D eigenvalue weighted by Gasteiger charge is -2.16. The van der Waals surface area contributed by atoms with Crippen molar-refractivity contribution in [1.82, 2.24) is 15.3 Å². The lowest BCUT2D eigenvalue weighted by Crippen LogP contribution is -2.19. The zero-order chi connectivity index (χ0) is 13.0. The number of nitrogens with zero attached hydrogens (tertiary/aromatic N) is 2. The Morgan fingerprint density at radius 1 is 1.22 bits per heavy atom. The van der Waals surface area contributed by atoms with Gasteiger partial charge in [0.05, 0.1) is 18.8 Å². The van der Waals surface area contributed by atoms with Crippen LogP contribution in [0.2, 0.25) is 5.02 Å². The largest absolute Gasteiger partial charge is 0.481 e. The molecule has 18 heavy (non-hydrogen) atoms. The minimum absolute atomic E-state index is 0.0147. The maximum Gasteiger partial charge on any atom is 0.216 e. The van der Waals surface area contributed by atoms with Crippen molar-refractivity contribution in [3.8, 4) is 5.88 Å². The number of ether oxygens (including phenoxy) is 1. The molecule has 5 heteroatoms. The van der Waals surface area contributed by atoms with Crippen LogP contribution in [0.4, 0.5) is 0 Å². The van der Waals surface area contributed by atoms with E-state index in [0.29, 0.717) is 10.9 Å². The maximum absolute atomic E-state index is 5.89. The minimum Gasteiger partial charge on any atom is -0.481 e. The second kappa shape index (κ2) is 5.80. The van der Waals surface area contributed by atoms with Crippen molar-refractivity contribution in [1.29, 1.82) is 0 Å². The van der Waals surface area contributed by atoms with Gasteiger partial charge in [-0.25, -0.2) is 9.97 Å². The van der Waals surface area contributed by atoms with Crippen molar-refractivity contribution in [2.24, 2.45) is 0 Å². The lowest BCUT2D eigenvalue weighted by molar-refractivity contribution is 0.395. The fraction of sp³-hybridized carbons (Fsp3) is 0.231. The summed E-state index contributed by atoms with van der Waals surface area (Å²) >= 11 is 5.89. The third kappa shape index (κ3) is 2.78. The van der Waals surface area contributed by atoms with Crippen LogP contribution < -0.4 is 10.1 Å². The summed E-state index contributed by atoms with van der Waals surface area (Å²) in [6.45, 7) is 0. The first-order valence-corrected chi connectivity index (χ1v) is 5.91. The lowest BCUT2D eigenvalue weighted by atomic mass is 10.0. The van der Waals surface area contributed by atoms with E-state index >= 15 is 0 Å². The molecule has 0 bridgehead atoms. The molecule has 1 aromatic carbocycles. The van der Waals surface area contributed by atoms with Crippen LogP contribution in [0.1, 0.15) is 17.3 Å². The molecule has 0 fully saturated rings. The Hall–Kier alpha value is -1.65. The Balaban J connectivity index is 2.35. The molecule has 1 heterocycles. The fourth-order valence-corrected chi connectivity index (χ4v) is 1.89. The van der Waals surface area contributed by atoms with E-state index in [-0.39, 0.29) is 6.04 Å². The Kier molecular flexibility index (Phi) is 4.12. The van der Waals surface area contributed by atoms with Crippen LogP contribution in [0, 0.1) is 0 Å². The summed E-state index contributed by atoms with van der Waals surface area (Å²) in [5, 5.41) is 3.93. The number of rotatable bonds is 4. The Morgan fingerprint density at radius 2 is 1.94 bits per heavy atom. The zero-order valence-corrected chi connectivity index (χ0v) is 11.0. The molecule has 0 saturated carbocycles. The summed E-state index contributed by atoms with van der Waals surface area (Å²) in [5.41, 5.74) is 1.94. The SMILES string of the molecule is CNC(c1ccc(Cl)cc1)c1cc(OC)ncn1. The first-order chi connectivity index (χ1) is 8.74. The van der Waals surface area contributed by atoms with Gasteiger partial charge in [-0.15, -0.1) is 0 Å². The second-order valence-corrected chi connectivity index (χ2v) is 4.19. The van der Waals surface area contributed by atoms with Crippen LogP contribution in [0.5, 0.6) is 5.88 Å². The van der Waals surface area contributed by atoms with E-state index in [2.05, 4.69) is 15.3 Å². The van der Waals surface area contributed by atoms with Gasteiger partial charge in [0.1, 0.15) is 6.33 Å². The van der Waals surface area contributed by atoms with E-state index in [9.17, 15) is 0 Å². The van der Waals surface area contributed by atoms with Gasteiger partial charge in [0, 0.05) is 11.1 Å². The average molecular weight is 264 g/mol. The third-order valence-electron chi connectivity index (χ3n) is 2.66. The number of halogens is 1. The molecule has 4 nitrogen and oxygen atoms in total. The predicted molar refractivity (Wildman–Crippen MR) is 70.9 cm³/mol. The molecule has 0 amide bonds. The van der Waals surface area contributed by atoms with Crippen LogP contribution >= 0.6 is 11.6 Å².